The molecule has 3 heteroatoms. The third kappa shape index (κ3) is 4.50. The molecule has 2 rings (SSSR count). The van der Waals surface area contributed by atoms with E-state index in [4.69, 9.17) is 4.74 Å². The summed E-state index contributed by atoms with van der Waals surface area (Å²) in [6, 6.07) is 8.37. The van der Waals surface area contributed by atoms with Crippen LogP contribution in [0.4, 0.5) is 0 Å². The van der Waals surface area contributed by atoms with E-state index in [0.29, 0.717) is 6.61 Å². The Bertz CT molecular complexity index is 408. The highest BCUT2D eigenvalue weighted by atomic mass is 16.5. The summed E-state index contributed by atoms with van der Waals surface area (Å²) in [5.74, 6) is 0.926. The van der Waals surface area contributed by atoms with E-state index in [-0.39, 0.29) is 11.5 Å². The van der Waals surface area contributed by atoms with Crippen LogP contribution in [-0.4, -0.2) is 42.4 Å². The van der Waals surface area contributed by atoms with Crippen molar-refractivity contribution >= 4 is 0 Å². The van der Waals surface area contributed by atoms with Crippen LogP contribution >= 0.6 is 0 Å². The second-order valence-electron chi connectivity index (χ2n) is 6.72. The summed E-state index contributed by atoms with van der Waals surface area (Å²) >= 11 is 0. The molecule has 1 unspecified atom stereocenters. The fourth-order valence-electron chi connectivity index (χ4n) is 2.58. The minimum atomic E-state index is -0.158. The van der Waals surface area contributed by atoms with Gasteiger partial charge < -0.3 is 9.84 Å². The Balaban J connectivity index is 1.77. The van der Waals surface area contributed by atoms with Gasteiger partial charge in [-0.3, -0.25) is 4.90 Å². The van der Waals surface area contributed by atoms with Crippen molar-refractivity contribution in [3.63, 3.8) is 0 Å². The number of nitrogens with zero attached hydrogens (tertiary/aromatic N) is 1. The van der Waals surface area contributed by atoms with Gasteiger partial charge in [-0.2, -0.15) is 0 Å². The topological polar surface area (TPSA) is 32.7 Å². The Morgan fingerprint density at radius 2 is 1.95 bits per heavy atom. The number of aliphatic hydroxyl groups excluding tert-OH is 1. The van der Waals surface area contributed by atoms with E-state index >= 15 is 0 Å². The van der Waals surface area contributed by atoms with Crippen molar-refractivity contribution in [2.45, 2.75) is 45.1 Å². The number of ether oxygens (including phenoxy) is 1. The third-order valence-electron chi connectivity index (χ3n) is 3.88. The molecule has 0 radical (unpaired) electrons. The van der Waals surface area contributed by atoms with Crippen LogP contribution in [0.5, 0.6) is 5.75 Å². The fraction of sp³-hybridized carbons (Fsp3) is 0.647. The second kappa shape index (κ2) is 6.59. The van der Waals surface area contributed by atoms with Crippen molar-refractivity contribution in [2.24, 2.45) is 0 Å². The number of hydrogen-bond acceptors (Lipinski definition) is 3. The number of aliphatic hydroxyl groups is 1. The lowest BCUT2D eigenvalue weighted by atomic mass is 9.87. The predicted molar refractivity (Wildman–Crippen MR) is 82.3 cm³/mol. The number of likely N-dealkylation sites (tertiary alicyclic amines) is 1. The molecule has 0 aliphatic carbocycles. The van der Waals surface area contributed by atoms with E-state index < -0.39 is 0 Å². The van der Waals surface area contributed by atoms with Crippen LogP contribution in [0.1, 0.15) is 39.2 Å². The van der Waals surface area contributed by atoms with Gasteiger partial charge in [-0.15, -0.1) is 0 Å². The summed E-state index contributed by atoms with van der Waals surface area (Å²) in [5.41, 5.74) is 1.51. The van der Waals surface area contributed by atoms with Gasteiger partial charge in [-0.25, -0.2) is 0 Å². The number of hydrogen-bond donors (Lipinski definition) is 1. The first-order valence-electron chi connectivity index (χ1n) is 7.59. The molecule has 0 amide bonds. The van der Waals surface area contributed by atoms with Crippen molar-refractivity contribution in [1.82, 2.24) is 4.90 Å². The molecule has 112 valence electrons. The summed E-state index contributed by atoms with van der Waals surface area (Å²) < 4.78 is 5.79. The van der Waals surface area contributed by atoms with Crippen LogP contribution in [-0.2, 0) is 5.41 Å². The van der Waals surface area contributed by atoms with Crippen LogP contribution in [0, 0.1) is 0 Å². The van der Waals surface area contributed by atoms with Gasteiger partial charge in [-0.1, -0.05) is 32.9 Å². The maximum absolute atomic E-state index is 9.62. The van der Waals surface area contributed by atoms with Gasteiger partial charge in [0.1, 0.15) is 12.4 Å². The van der Waals surface area contributed by atoms with Crippen LogP contribution in [0.3, 0.4) is 0 Å². The molecule has 1 heterocycles. The summed E-state index contributed by atoms with van der Waals surface area (Å²) in [6.45, 7) is 10.1. The zero-order valence-corrected chi connectivity index (χ0v) is 12.9. The van der Waals surface area contributed by atoms with Gasteiger partial charge in [0, 0.05) is 13.1 Å². The van der Waals surface area contributed by atoms with Crippen LogP contribution < -0.4 is 4.74 Å². The molecule has 3 nitrogen and oxygen atoms in total. The number of benzene rings is 1. The van der Waals surface area contributed by atoms with Gasteiger partial charge in [0.25, 0.3) is 0 Å². The molecule has 0 aromatic heterocycles. The Morgan fingerprint density at radius 3 is 2.55 bits per heavy atom. The molecular formula is C17H27NO2. The van der Waals surface area contributed by atoms with Crippen molar-refractivity contribution in [3.8, 4) is 5.75 Å². The largest absolute Gasteiger partial charge is 0.492 e. The summed E-state index contributed by atoms with van der Waals surface area (Å²) in [7, 11) is 0. The van der Waals surface area contributed by atoms with Crippen molar-refractivity contribution in [3.05, 3.63) is 29.8 Å². The van der Waals surface area contributed by atoms with E-state index in [9.17, 15) is 5.11 Å². The van der Waals surface area contributed by atoms with Crippen LogP contribution in [0.15, 0.2) is 24.3 Å². The van der Waals surface area contributed by atoms with E-state index in [2.05, 4.69) is 37.8 Å². The van der Waals surface area contributed by atoms with E-state index in [1.807, 2.05) is 12.1 Å². The Kier molecular flexibility index (Phi) is 5.06. The molecule has 0 spiro atoms. The molecule has 1 fully saturated rings. The molecule has 1 aromatic rings. The second-order valence-corrected chi connectivity index (χ2v) is 6.72. The zero-order valence-electron chi connectivity index (χ0n) is 12.9. The Labute approximate surface area is 122 Å². The zero-order chi connectivity index (χ0) is 14.6. The normalized spacial score (nSPS) is 20.9. The molecule has 1 aliphatic rings. The molecule has 1 N–H and O–H groups in total. The van der Waals surface area contributed by atoms with Gasteiger partial charge in [0.2, 0.25) is 0 Å². The average Bonchev–Trinajstić information content (AvgIpc) is 2.38. The van der Waals surface area contributed by atoms with E-state index in [1.165, 1.54) is 5.56 Å². The Morgan fingerprint density at radius 1 is 1.25 bits per heavy atom. The predicted octanol–water partition coefficient (Wildman–Crippen LogP) is 2.82. The summed E-state index contributed by atoms with van der Waals surface area (Å²) in [6.07, 6.45) is 1.86. The lowest BCUT2D eigenvalue weighted by Gasteiger charge is -2.29. The summed E-state index contributed by atoms with van der Waals surface area (Å²) in [5, 5.41) is 9.62. The first-order valence-corrected chi connectivity index (χ1v) is 7.59. The van der Waals surface area contributed by atoms with Crippen molar-refractivity contribution < 1.29 is 9.84 Å². The fourth-order valence-corrected chi connectivity index (χ4v) is 2.58. The quantitative estimate of drug-likeness (QED) is 0.918. The number of β-amino-alcohol motifs (C(OH)–C–C–N with tert-alkyl or cyclic N) is 1. The molecule has 0 saturated carbocycles. The molecule has 0 bridgehead atoms. The third-order valence-corrected chi connectivity index (χ3v) is 3.88. The molecule has 1 saturated heterocycles. The van der Waals surface area contributed by atoms with Crippen LogP contribution in [0.2, 0.25) is 0 Å². The molecule has 20 heavy (non-hydrogen) atoms. The van der Waals surface area contributed by atoms with E-state index in [1.54, 1.807) is 0 Å². The minimum Gasteiger partial charge on any atom is -0.492 e. The smallest absolute Gasteiger partial charge is 0.119 e. The SMILES string of the molecule is CC(C)(C)c1ccc(OCCN2CCCC(O)C2)cc1. The maximum Gasteiger partial charge on any atom is 0.119 e. The highest BCUT2D eigenvalue weighted by molar-refractivity contribution is 5.31. The highest BCUT2D eigenvalue weighted by Crippen LogP contribution is 2.24. The van der Waals surface area contributed by atoms with Gasteiger partial charge in [0.15, 0.2) is 0 Å². The van der Waals surface area contributed by atoms with E-state index in [0.717, 1.165) is 38.2 Å². The first-order chi connectivity index (χ1) is 9.45. The number of piperidine rings is 1. The van der Waals surface area contributed by atoms with Crippen LogP contribution in [0.25, 0.3) is 0 Å². The Hall–Kier alpha value is -1.06. The minimum absolute atomic E-state index is 0.158. The molecule has 1 aliphatic heterocycles. The van der Waals surface area contributed by atoms with Gasteiger partial charge in [0.05, 0.1) is 6.10 Å². The van der Waals surface area contributed by atoms with Gasteiger partial charge in [-0.05, 0) is 42.5 Å². The monoisotopic (exact) mass is 277 g/mol. The molecule has 1 atom stereocenters. The van der Waals surface area contributed by atoms with Gasteiger partial charge >= 0.3 is 0 Å². The summed E-state index contributed by atoms with van der Waals surface area (Å²) in [4.78, 5) is 2.28. The average molecular weight is 277 g/mol. The highest BCUT2D eigenvalue weighted by Gasteiger charge is 2.17. The van der Waals surface area contributed by atoms with Crippen molar-refractivity contribution in [2.75, 3.05) is 26.2 Å². The lowest BCUT2D eigenvalue weighted by molar-refractivity contribution is 0.0633. The lowest BCUT2D eigenvalue weighted by Crippen LogP contribution is -2.40. The molecule has 1 aromatic carbocycles. The maximum atomic E-state index is 9.62. The number of rotatable bonds is 4. The molecular weight excluding hydrogens is 250 g/mol. The van der Waals surface area contributed by atoms with Crippen molar-refractivity contribution in [1.29, 1.82) is 0 Å². The standard InChI is InChI=1S/C17H27NO2/c1-17(2,3)14-6-8-16(9-7-14)20-12-11-18-10-4-5-15(19)13-18/h6-9,15,19H,4-5,10-13H2,1-3H3. The first kappa shape index (κ1) is 15.3.